The highest BCUT2D eigenvalue weighted by Gasteiger charge is 2.04. The molecule has 0 aromatic carbocycles. The van der Waals surface area contributed by atoms with E-state index in [1.165, 1.54) is 12.8 Å². The molecule has 1 aromatic heterocycles. The van der Waals surface area contributed by atoms with Gasteiger partial charge in [0.25, 0.3) is 5.91 Å². The van der Waals surface area contributed by atoms with Crippen LogP contribution in [0.4, 0.5) is 0 Å². The van der Waals surface area contributed by atoms with Crippen LogP contribution < -0.4 is 5.32 Å². The Hall–Kier alpha value is -0.840. The number of H-pyrrole nitrogens is 1. The molecule has 0 bridgehead atoms. The van der Waals surface area contributed by atoms with Crippen LogP contribution in [0.15, 0.2) is 12.3 Å². The summed E-state index contributed by atoms with van der Waals surface area (Å²) in [5.74, 6) is -0.0759. The van der Waals surface area contributed by atoms with Crippen LogP contribution in [0.1, 0.15) is 36.2 Å². The van der Waals surface area contributed by atoms with Gasteiger partial charge in [-0.25, -0.2) is 0 Å². The summed E-state index contributed by atoms with van der Waals surface area (Å²) in [7, 11) is 0. The number of hydrogen-bond acceptors (Lipinski definition) is 2. The van der Waals surface area contributed by atoms with Crippen LogP contribution in [0.2, 0.25) is 0 Å². The quantitative estimate of drug-likeness (QED) is 0.591. The van der Waals surface area contributed by atoms with Crippen molar-refractivity contribution >= 4 is 21.8 Å². The number of unbranched alkanes of at least 4 members (excludes halogenated alkanes) is 3. The van der Waals surface area contributed by atoms with E-state index in [2.05, 4.69) is 31.4 Å². The number of nitrogens with zero attached hydrogens (tertiary/aromatic N) is 1. The smallest absolute Gasteiger partial charge is 0.269 e. The summed E-state index contributed by atoms with van der Waals surface area (Å²) in [5, 5.41) is 10.3. The van der Waals surface area contributed by atoms with Gasteiger partial charge in [0, 0.05) is 18.1 Å². The first-order valence-electron chi connectivity index (χ1n) is 5.18. The molecule has 0 atom stereocenters. The van der Waals surface area contributed by atoms with Gasteiger partial charge in [0.15, 0.2) is 0 Å². The van der Waals surface area contributed by atoms with Gasteiger partial charge in [-0.2, -0.15) is 5.10 Å². The highest BCUT2D eigenvalue weighted by Crippen LogP contribution is 2.01. The van der Waals surface area contributed by atoms with E-state index in [-0.39, 0.29) is 5.91 Å². The van der Waals surface area contributed by atoms with Crippen molar-refractivity contribution < 1.29 is 4.79 Å². The Labute approximate surface area is 98.0 Å². The van der Waals surface area contributed by atoms with Crippen LogP contribution in [0.25, 0.3) is 0 Å². The van der Waals surface area contributed by atoms with Gasteiger partial charge in [0.2, 0.25) is 0 Å². The van der Waals surface area contributed by atoms with Crippen molar-refractivity contribution in [2.45, 2.75) is 25.7 Å². The maximum atomic E-state index is 11.4. The molecule has 0 fully saturated rings. The Morgan fingerprint density at radius 3 is 2.87 bits per heavy atom. The molecule has 84 valence electrons. The molecule has 2 N–H and O–H groups in total. The van der Waals surface area contributed by atoms with E-state index < -0.39 is 0 Å². The van der Waals surface area contributed by atoms with Gasteiger partial charge in [-0.1, -0.05) is 28.8 Å². The Morgan fingerprint density at radius 2 is 2.20 bits per heavy atom. The van der Waals surface area contributed by atoms with Gasteiger partial charge in [-0.05, 0) is 18.9 Å². The van der Waals surface area contributed by atoms with Gasteiger partial charge < -0.3 is 5.32 Å². The minimum Gasteiger partial charge on any atom is -0.351 e. The zero-order chi connectivity index (χ0) is 10.9. The van der Waals surface area contributed by atoms with Crippen molar-refractivity contribution in [2.24, 2.45) is 0 Å². The molecular weight excluding hydrogens is 258 g/mol. The topological polar surface area (TPSA) is 57.8 Å². The van der Waals surface area contributed by atoms with Crippen LogP contribution in [0, 0.1) is 0 Å². The summed E-state index contributed by atoms with van der Waals surface area (Å²) in [4.78, 5) is 11.4. The second kappa shape index (κ2) is 7.45. The molecule has 0 spiro atoms. The van der Waals surface area contributed by atoms with Gasteiger partial charge in [0.05, 0.1) is 0 Å². The Bertz CT molecular complexity index is 274. The summed E-state index contributed by atoms with van der Waals surface area (Å²) >= 11 is 3.39. The minimum absolute atomic E-state index is 0.0759. The average Bonchev–Trinajstić information content (AvgIpc) is 2.76. The maximum absolute atomic E-state index is 11.4. The van der Waals surface area contributed by atoms with Crippen molar-refractivity contribution in [1.82, 2.24) is 15.5 Å². The van der Waals surface area contributed by atoms with Crippen molar-refractivity contribution in [1.29, 1.82) is 0 Å². The summed E-state index contributed by atoms with van der Waals surface area (Å²) in [6.45, 7) is 0.736. The molecule has 1 aromatic rings. The van der Waals surface area contributed by atoms with Crippen LogP contribution in [-0.2, 0) is 0 Å². The van der Waals surface area contributed by atoms with E-state index in [4.69, 9.17) is 0 Å². The first kappa shape index (κ1) is 12.2. The van der Waals surface area contributed by atoms with Crippen LogP contribution in [0.5, 0.6) is 0 Å². The van der Waals surface area contributed by atoms with Crippen LogP contribution in [0.3, 0.4) is 0 Å². The molecule has 0 saturated heterocycles. The third-order valence-electron chi connectivity index (χ3n) is 2.09. The van der Waals surface area contributed by atoms with Gasteiger partial charge in [-0.3, -0.25) is 9.89 Å². The van der Waals surface area contributed by atoms with Crippen LogP contribution in [-0.4, -0.2) is 28.0 Å². The highest BCUT2D eigenvalue weighted by atomic mass is 79.9. The molecule has 0 saturated carbocycles. The summed E-state index contributed by atoms with van der Waals surface area (Å²) < 4.78 is 0. The predicted octanol–water partition coefficient (Wildman–Crippen LogP) is 2.09. The minimum atomic E-state index is -0.0759. The SMILES string of the molecule is O=C(NCCCCCCBr)c1ccn[nH]1. The number of rotatable bonds is 7. The summed E-state index contributed by atoms with van der Waals surface area (Å²) in [5.41, 5.74) is 0.524. The lowest BCUT2D eigenvalue weighted by Gasteiger charge is -2.02. The van der Waals surface area contributed by atoms with E-state index in [0.29, 0.717) is 5.69 Å². The molecule has 5 heteroatoms. The molecule has 0 radical (unpaired) electrons. The fourth-order valence-electron chi connectivity index (χ4n) is 1.25. The number of halogens is 1. The lowest BCUT2D eigenvalue weighted by Crippen LogP contribution is -2.24. The predicted molar refractivity (Wildman–Crippen MR) is 63.2 cm³/mol. The maximum Gasteiger partial charge on any atom is 0.269 e. The molecular formula is C10H16BrN3O. The van der Waals surface area contributed by atoms with Gasteiger partial charge in [-0.15, -0.1) is 0 Å². The fourth-order valence-corrected chi connectivity index (χ4v) is 1.65. The molecule has 0 aliphatic rings. The molecule has 1 amide bonds. The number of carbonyl (C=O) groups is 1. The van der Waals surface area contributed by atoms with Crippen molar-refractivity contribution in [2.75, 3.05) is 11.9 Å². The van der Waals surface area contributed by atoms with E-state index >= 15 is 0 Å². The first-order chi connectivity index (χ1) is 7.34. The molecule has 0 unspecified atom stereocenters. The fraction of sp³-hybridized carbons (Fsp3) is 0.600. The number of alkyl halides is 1. The molecule has 15 heavy (non-hydrogen) atoms. The monoisotopic (exact) mass is 273 g/mol. The Morgan fingerprint density at radius 1 is 1.40 bits per heavy atom. The van der Waals surface area contributed by atoms with Crippen molar-refractivity contribution in [3.05, 3.63) is 18.0 Å². The zero-order valence-corrected chi connectivity index (χ0v) is 10.2. The van der Waals surface area contributed by atoms with E-state index in [0.717, 1.165) is 24.7 Å². The third kappa shape index (κ3) is 4.97. The molecule has 0 aliphatic heterocycles. The molecule has 1 heterocycles. The van der Waals surface area contributed by atoms with Gasteiger partial charge in [0.1, 0.15) is 5.69 Å². The highest BCUT2D eigenvalue weighted by molar-refractivity contribution is 9.09. The molecule has 1 rings (SSSR count). The largest absolute Gasteiger partial charge is 0.351 e. The van der Waals surface area contributed by atoms with E-state index in [1.54, 1.807) is 12.3 Å². The number of amides is 1. The Kier molecular flexibility index (Phi) is 6.08. The van der Waals surface area contributed by atoms with Crippen molar-refractivity contribution in [3.63, 3.8) is 0 Å². The lowest BCUT2D eigenvalue weighted by molar-refractivity contribution is 0.0948. The summed E-state index contributed by atoms with van der Waals surface area (Å²) in [6, 6.07) is 1.67. The molecule has 0 aliphatic carbocycles. The molecule has 4 nitrogen and oxygen atoms in total. The standard InChI is InChI=1S/C10H16BrN3O/c11-6-3-1-2-4-7-12-10(15)9-5-8-13-14-9/h5,8H,1-4,6-7H2,(H,12,15)(H,13,14). The van der Waals surface area contributed by atoms with Crippen LogP contribution >= 0.6 is 15.9 Å². The number of aromatic nitrogens is 2. The second-order valence-corrected chi connectivity index (χ2v) is 4.12. The normalized spacial score (nSPS) is 10.2. The first-order valence-corrected chi connectivity index (χ1v) is 6.30. The second-order valence-electron chi connectivity index (χ2n) is 3.33. The average molecular weight is 274 g/mol. The number of carbonyl (C=O) groups excluding carboxylic acids is 1. The number of aromatic amines is 1. The lowest BCUT2D eigenvalue weighted by atomic mass is 10.2. The van der Waals surface area contributed by atoms with E-state index in [1.807, 2.05) is 0 Å². The summed E-state index contributed by atoms with van der Waals surface area (Å²) in [6.07, 6.45) is 6.19. The van der Waals surface area contributed by atoms with Crippen molar-refractivity contribution in [3.8, 4) is 0 Å². The number of nitrogens with one attached hydrogen (secondary N) is 2. The Balaban J connectivity index is 2.03. The van der Waals surface area contributed by atoms with E-state index in [9.17, 15) is 4.79 Å². The number of hydrogen-bond donors (Lipinski definition) is 2. The third-order valence-corrected chi connectivity index (χ3v) is 2.65. The zero-order valence-electron chi connectivity index (χ0n) is 8.63. The van der Waals surface area contributed by atoms with Gasteiger partial charge >= 0.3 is 0 Å².